The van der Waals surface area contributed by atoms with Gasteiger partial charge in [-0.25, -0.2) is 4.98 Å². The first-order valence-corrected chi connectivity index (χ1v) is 6.44. The minimum atomic E-state index is 0.0701. The van der Waals surface area contributed by atoms with Gasteiger partial charge in [-0.2, -0.15) is 5.10 Å². The number of thiazole rings is 1. The lowest BCUT2D eigenvalue weighted by Crippen LogP contribution is -2.52. The molecule has 1 fully saturated rings. The third-order valence-corrected chi connectivity index (χ3v) is 3.59. The van der Waals surface area contributed by atoms with Crippen LogP contribution in [0.2, 0.25) is 0 Å². The number of nitrogens with zero attached hydrogens (tertiary/aromatic N) is 4. The zero-order chi connectivity index (χ0) is 12.5. The van der Waals surface area contributed by atoms with Crippen LogP contribution < -0.4 is 4.74 Å². The second-order valence-corrected chi connectivity index (χ2v) is 4.96. The lowest BCUT2D eigenvalue weighted by Gasteiger charge is -2.35. The van der Waals surface area contributed by atoms with Crippen LogP contribution in [0.1, 0.15) is 0 Å². The first-order valence-electron chi connectivity index (χ1n) is 5.56. The average molecular weight is 264 g/mol. The van der Waals surface area contributed by atoms with E-state index in [4.69, 9.17) is 4.74 Å². The molecule has 2 aromatic rings. The number of rotatable bonds is 4. The van der Waals surface area contributed by atoms with E-state index < -0.39 is 0 Å². The number of hydrogen-bond acceptors (Lipinski definition) is 5. The third kappa shape index (κ3) is 1.97. The van der Waals surface area contributed by atoms with Crippen LogP contribution in [0, 0.1) is 0 Å². The monoisotopic (exact) mass is 264 g/mol. The Hall–Kier alpha value is -1.89. The van der Waals surface area contributed by atoms with Gasteiger partial charge in [0.15, 0.2) is 0 Å². The Bertz CT molecular complexity index is 559. The van der Waals surface area contributed by atoms with E-state index in [1.807, 2.05) is 18.5 Å². The molecule has 3 rings (SSSR count). The molecule has 6 nitrogen and oxygen atoms in total. The maximum Gasteiger partial charge on any atom is 0.274 e. The first kappa shape index (κ1) is 11.2. The molecule has 2 aromatic heterocycles. The second-order valence-electron chi connectivity index (χ2n) is 4.14. The van der Waals surface area contributed by atoms with Gasteiger partial charge in [-0.3, -0.25) is 9.48 Å². The van der Waals surface area contributed by atoms with Gasteiger partial charge < -0.3 is 9.64 Å². The number of likely N-dealkylation sites (tertiary alicyclic amines) is 1. The zero-order valence-electron chi connectivity index (χ0n) is 9.81. The molecule has 0 radical (unpaired) electrons. The first-order chi connectivity index (χ1) is 8.76. The highest BCUT2D eigenvalue weighted by molar-refractivity contribution is 7.11. The van der Waals surface area contributed by atoms with Gasteiger partial charge in [0.2, 0.25) is 6.41 Å². The normalized spacial score (nSPS) is 15.5. The Balaban J connectivity index is 1.67. The smallest absolute Gasteiger partial charge is 0.274 e. The molecule has 1 saturated heterocycles. The number of ether oxygens (including phenoxy) is 1. The Morgan fingerprint density at radius 3 is 3.06 bits per heavy atom. The van der Waals surface area contributed by atoms with Crippen molar-refractivity contribution >= 4 is 17.7 Å². The quantitative estimate of drug-likeness (QED) is 0.765. The van der Waals surface area contributed by atoms with Gasteiger partial charge in [0.1, 0.15) is 11.8 Å². The number of carbonyl (C=O) groups is 1. The highest BCUT2D eigenvalue weighted by Crippen LogP contribution is 2.27. The van der Waals surface area contributed by atoms with Crippen molar-refractivity contribution in [1.82, 2.24) is 19.7 Å². The van der Waals surface area contributed by atoms with Gasteiger partial charge >= 0.3 is 0 Å². The predicted molar refractivity (Wildman–Crippen MR) is 66.4 cm³/mol. The van der Waals surface area contributed by atoms with Crippen LogP contribution in [-0.4, -0.2) is 45.3 Å². The second kappa shape index (κ2) is 4.41. The van der Waals surface area contributed by atoms with Crippen molar-refractivity contribution in [3.8, 4) is 16.6 Å². The molecule has 0 N–H and O–H groups in total. The summed E-state index contributed by atoms with van der Waals surface area (Å²) in [5.74, 6) is 0. The van der Waals surface area contributed by atoms with E-state index in [2.05, 4.69) is 10.1 Å². The van der Waals surface area contributed by atoms with Crippen molar-refractivity contribution in [2.45, 2.75) is 6.10 Å². The molecule has 0 saturated carbocycles. The summed E-state index contributed by atoms with van der Waals surface area (Å²) in [5, 5.41) is 6.69. The van der Waals surface area contributed by atoms with Crippen LogP contribution in [0.4, 0.5) is 0 Å². The van der Waals surface area contributed by atoms with Gasteiger partial charge in [0.25, 0.3) is 5.19 Å². The lowest BCUT2D eigenvalue weighted by atomic mass is 10.2. The van der Waals surface area contributed by atoms with Crippen molar-refractivity contribution in [3.05, 3.63) is 17.6 Å². The Morgan fingerprint density at radius 2 is 2.39 bits per heavy atom. The number of carbonyl (C=O) groups excluding carboxylic acids is 1. The minimum Gasteiger partial charge on any atom is -0.463 e. The van der Waals surface area contributed by atoms with Crippen molar-refractivity contribution in [3.63, 3.8) is 0 Å². The van der Waals surface area contributed by atoms with Crippen molar-refractivity contribution in [2.24, 2.45) is 7.05 Å². The number of hydrogen-bond donors (Lipinski definition) is 0. The molecule has 0 aromatic carbocycles. The molecule has 7 heteroatoms. The Kier molecular flexibility index (Phi) is 2.75. The molecule has 1 aliphatic rings. The van der Waals surface area contributed by atoms with E-state index in [0.29, 0.717) is 18.3 Å². The molecular formula is C11H12N4O2S. The van der Waals surface area contributed by atoms with Gasteiger partial charge in [-0.05, 0) is 6.07 Å². The zero-order valence-corrected chi connectivity index (χ0v) is 10.6. The lowest BCUT2D eigenvalue weighted by molar-refractivity contribution is -0.126. The van der Waals surface area contributed by atoms with E-state index in [1.54, 1.807) is 15.8 Å². The third-order valence-electron chi connectivity index (χ3n) is 2.86. The van der Waals surface area contributed by atoms with Crippen molar-refractivity contribution in [1.29, 1.82) is 0 Å². The highest BCUT2D eigenvalue weighted by Gasteiger charge is 2.27. The molecule has 1 aliphatic heterocycles. The van der Waals surface area contributed by atoms with E-state index in [9.17, 15) is 4.79 Å². The number of aryl methyl sites for hydroxylation is 1. The fourth-order valence-corrected chi connectivity index (χ4v) is 2.56. The van der Waals surface area contributed by atoms with Gasteiger partial charge in [-0.1, -0.05) is 11.3 Å². The summed E-state index contributed by atoms with van der Waals surface area (Å²) in [6.07, 6.45) is 2.65. The largest absolute Gasteiger partial charge is 0.463 e. The Labute approximate surface area is 108 Å². The average Bonchev–Trinajstić information content (AvgIpc) is 2.91. The molecular weight excluding hydrogens is 252 g/mol. The highest BCUT2D eigenvalue weighted by atomic mass is 32.1. The topological polar surface area (TPSA) is 60.2 Å². The summed E-state index contributed by atoms with van der Waals surface area (Å²) in [6.45, 7) is 1.29. The van der Waals surface area contributed by atoms with Crippen LogP contribution in [0.15, 0.2) is 17.6 Å². The summed E-state index contributed by atoms with van der Waals surface area (Å²) in [5.41, 5.74) is 1.82. The van der Waals surface area contributed by atoms with Gasteiger partial charge in [0.05, 0.1) is 18.8 Å². The van der Waals surface area contributed by atoms with Crippen LogP contribution in [0.3, 0.4) is 0 Å². The van der Waals surface area contributed by atoms with Crippen LogP contribution in [-0.2, 0) is 11.8 Å². The molecule has 0 unspecified atom stereocenters. The van der Waals surface area contributed by atoms with E-state index in [0.717, 1.165) is 17.8 Å². The van der Waals surface area contributed by atoms with Crippen LogP contribution in [0.5, 0.6) is 5.19 Å². The van der Waals surface area contributed by atoms with Gasteiger partial charge in [-0.15, -0.1) is 0 Å². The molecule has 0 spiro atoms. The fraction of sp³-hybridized carbons (Fsp3) is 0.364. The van der Waals surface area contributed by atoms with Crippen LogP contribution in [0.25, 0.3) is 11.4 Å². The molecule has 3 heterocycles. The Morgan fingerprint density at radius 1 is 1.56 bits per heavy atom. The van der Waals surface area contributed by atoms with E-state index in [1.165, 1.54) is 11.3 Å². The summed E-state index contributed by atoms with van der Waals surface area (Å²) in [7, 11) is 1.88. The standard InChI is InChI=1S/C11H12N4O2S/c1-14-10(2-3-12-14)9-6-18-11(13-9)17-8-4-15(5-8)7-16/h2-3,6-8H,4-5H2,1H3. The van der Waals surface area contributed by atoms with Crippen LogP contribution >= 0.6 is 11.3 Å². The molecule has 18 heavy (non-hydrogen) atoms. The summed E-state index contributed by atoms with van der Waals surface area (Å²) >= 11 is 1.46. The maximum absolute atomic E-state index is 10.4. The van der Waals surface area contributed by atoms with Crippen molar-refractivity contribution in [2.75, 3.05) is 13.1 Å². The summed E-state index contributed by atoms with van der Waals surface area (Å²) < 4.78 is 7.45. The molecule has 0 bridgehead atoms. The van der Waals surface area contributed by atoms with Crippen molar-refractivity contribution < 1.29 is 9.53 Å². The predicted octanol–water partition coefficient (Wildman–Crippen LogP) is 0.763. The summed E-state index contributed by atoms with van der Waals surface area (Å²) in [6, 6.07) is 1.91. The fourth-order valence-electron chi connectivity index (χ4n) is 1.83. The number of amides is 1. The van der Waals surface area contributed by atoms with Gasteiger partial charge in [0, 0.05) is 18.6 Å². The molecule has 0 atom stereocenters. The number of aromatic nitrogens is 3. The molecule has 1 amide bonds. The maximum atomic E-state index is 10.4. The SMILES string of the molecule is Cn1nccc1-c1csc(OC2CN(C=O)C2)n1. The minimum absolute atomic E-state index is 0.0701. The molecule has 0 aliphatic carbocycles. The summed E-state index contributed by atoms with van der Waals surface area (Å²) in [4.78, 5) is 16.5. The molecule has 94 valence electrons. The van der Waals surface area contributed by atoms with E-state index >= 15 is 0 Å². The van der Waals surface area contributed by atoms with E-state index in [-0.39, 0.29) is 6.10 Å².